The standard InChI is InChI=1S/C25H28ClN3O3/c26-20-10-11-23(21(16-20)19-6-2-1-3-7-19)32-17-25(30)28-22-8-4-5-9-24(22)31-15-14-29-13-12-27-18-29/h4-5,8-13,16,18-19H,1-3,6-7,14-15,17H2,(H,28,30). The number of halogens is 1. The largest absolute Gasteiger partial charge is 0.490 e. The maximum Gasteiger partial charge on any atom is 0.262 e. The highest BCUT2D eigenvalue weighted by atomic mass is 35.5. The number of imidazole rings is 1. The molecule has 1 N–H and O–H groups in total. The van der Waals surface area contributed by atoms with Gasteiger partial charge in [0.25, 0.3) is 5.91 Å². The highest BCUT2D eigenvalue weighted by molar-refractivity contribution is 6.30. The molecule has 4 rings (SSSR count). The van der Waals surface area contributed by atoms with Crippen LogP contribution < -0.4 is 14.8 Å². The molecule has 2 aromatic carbocycles. The molecule has 0 spiro atoms. The van der Waals surface area contributed by atoms with E-state index in [2.05, 4.69) is 10.3 Å². The molecule has 0 aliphatic heterocycles. The van der Waals surface area contributed by atoms with Crippen molar-refractivity contribution in [1.82, 2.24) is 9.55 Å². The highest BCUT2D eigenvalue weighted by Crippen LogP contribution is 2.38. The lowest BCUT2D eigenvalue weighted by atomic mass is 9.84. The van der Waals surface area contributed by atoms with E-state index in [4.69, 9.17) is 21.1 Å². The molecule has 1 fully saturated rings. The maximum absolute atomic E-state index is 12.6. The summed E-state index contributed by atoms with van der Waals surface area (Å²) < 4.78 is 13.7. The number of para-hydroxylation sites is 2. The van der Waals surface area contributed by atoms with E-state index < -0.39 is 0 Å². The van der Waals surface area contributed by atoms with Crippen LogP contribution in [0.4, 0.5) is 5.69 Å². The fourth-order valence-electron chi connectivity index (χ4n) is 4.09. The Morgan fingerprint density at radius 2 is 1.94 bits per heavy atom. The number of rotatable bonds is 9. The van der Waals surface area contributed by atoms with Crippen LogP contribution in [0.5, 0.6) is 11.5 Å². The number of benzene rings is 2. The first-order valence-corrected chi connectivity index (χ1v) is 11.5. The average molecular weight is 454 g/mol. The number of aromatic nitrogens is 2. The molecule has 32 heavy (non-hydrogen) atoms. The van der Waals surface area contributed by atoms with Gasteiger partial charge >= 0.3 is 0 Å². The summed E-state index contributed by atoms with van der Waals surface area (Å²) in [6.07, 6.45) is 11.3. The van der Waals surface area contributed by atoms with Gasteiger partial charge in [0, 0.05) is 17.4 Å². The van der Waals surface area contributed by atoms with Gasteiger partial charge in [0.2, 0.25) is 0 Å². The van der Waals surface area contributed by atoms with Crippen LogP contribution in [-0.4, -0.2) is 28.7 Å². The van der Waals surface area contributed by atoms with Gasteiger partial charge in [0.15, 0.2) is 6.61 Å². The summed E-state index contributed by atoms with van der Waals surface area (Å²) in [7, 11) is 0. The zero-order valence-electron chi connectivity index (χ0n) is 18.0. The smallest absolute Gasteiger partial charge is 0.262 e. The van der Waals surface area contributed by atoms with E-state index in [1.807, 2.05) is 53.2 Å². The Hall–Kier alpha value is -2.99. The third kappa shape index (κ3) is 6.04. The lowest BCUT2D eigenvalue weighted by Gasteiger charge is -2.24. The van der Waals surface area contributed by atoms with E-state index in [1.54, 1.807) is 12.5 Å². The predicted molar refractivity (Wildman–Crippen MR) is 126 cm³/mol. The van der Waals surface area contributed by atoms with Crippen LogP contribution in [0.3, 0.4) is 0 Å². The van der Waals surface area contributed by atoms with E-state index in [0.717, 1.165) is 24.2 Å². The van der Waals surface area contributed by atoms with Gasteiger partial charge in [-0.2, -0.15) is 0 Å². The van der Waals surface area contributed by atoms with Gasteiger partial charge in [-0.05, 0) is 54.7 Å². The molecule has 1 amide bonds. The number of carbonyl (C=O) groups excluding carboxylic acids is 1. The van der Waals surface area contributed by atoms with E-state index in [0.29, 0.717) is 35.5 Å². The van der Waals surface area contributed by atoms with Crippen LogP contribution in [-0.2, 0) is 11.3 Å². The minimum absolute atomic E-state index is 0.0786. The van der Waals surface area contributed by atoms with Crippen LogP contribution in [0.25, 0.3) is 0 Å². The molecule has 1 aromatic heterocycles. The Labute approximate surface area is 193 Å². The van der Waals surface area contributed by atoms with Gasteiger partial charge in [-0.25, -0.2) is 4.98 Å². The summed E-state index contributed by atoms with van der Waals surface area (Å²) in [6.45, 7) is 1.06. The number of hydrogen-bond donors (Lipinski definition) is 1. The number of carbonyl (C=O) groups is 1. The van der Waals surface area contributed by atoms with Crippen molar-refractivity contribution in [2.45, 2.75) is 44.6 Å². The van der Waals surface area contributed by atoms with Crippen LogP contribution in [0, 0.1) is 0 Å². The van der Waals surface area contributed by atoms with Crippen molar-refractivity contribution in [2.24, 2.45) is 0 Å². The fraction of sp³-hybridized carbons (Fsp3) is 0.360. The second kappa shape index (κ2) is 11.0. The van der Waals surface area contributed by atoms with Crippen LogP contribution in [0.2, 0.25) is 5.02 Å². The van der Waals surface area contributed by atoms with Gasteiger partial charge in [0.1, 0.15) is 18.1 Å². The molecule has 6 nitrogen and oxygen atoms in total. The number of anilines is 1. The van der Waals surface area contributed by atoms with Crippen molar-refractivity contribution in [3.63, 3.8) is 0 Å². The van der Waals surface area contributed by atoms with Crippen molar-refractivity contribution in [2.75, 3.05) is 18.5 Å². The quantitative estimate of drug-likeness (QED) is 0.452. The number of hydrogen-bond acceptors (Lipinski definition) is 4. The van der Waals surface area contributed by atoms with Gasteiger partial charge < -0.3 is 19.4 Å². The Morgan fingerprint density at radius 3 is 2.75 bits per heavy atom. The molecule has 1 aliphatic carbocycles. The van der Waals surface area contributed by atoms with Crippen molar-refractivity contribution in [3.8, 4) is 11.5 Å². The maximum atomic E-state index is 12.6. The predicted octanol–water partition coefficient (Wildman–Crippen LogP) is 5.68. The van der Waals surface area contributed by atoms with Crippen LogP contribution in [0.15, 0.2) is 61.2 Å². The summed E-state index contributed by atoms with van der Waals surface area (Å²) in [6, 6.07) is 13.1. The second-order valence-corrected chi connectivity index (χ2v) is 8.44. The number of nitrogens with one attached hydrogen (secondary N) is 1. The van der Waals surface area contributed by atoms with Crippen LogP contribution in [0.1, 0.15) is 43.6 Å². The van der Waals surface area contributed by atoms with E-state index >= 15 is 0 Å². The molecular weight excluding hydrogens is 426 g/mol. The molecule has 0 radical (unpaired) electrons. The van der Waals surface area contributed by atoms with Crippen LogP contribution >= 0.6 is 11.6 Å². The molecule has 168 valence electrons. The van der Waals surface area contributed by atoms with E-state index in [1.165, 1.54) is 19.3 Å². The summed E-state index contributed by atoms with van der Waals surface area (Å²) in [4.78, 5) is 16.6. The Balaban J connectivity index is 1.34. The normalized spacial score (nSPS) is 14.2. The summed E-state index contributed by atoms with van der Waals surface area (Å²) in [5, 5.41) is 3.60. The lowest BCUT2D eigenvalue weighted by Crippen LogP contribution is -2.21. The topological polar surface area (TPSA) is 65.4 Å². The van der Waals surface area contributed by atoms with E-state index in [9.17, 15) is 4.79 Å². The van der Waals surface area contributed by atoms with Crippen molar-refractivity contribution in [1.29, 1.82) is 0 Å². The third-order valence-corrected chi connectivity index (χ3v) is 5.94. The molecular formula is C25H28ClN3O3. The SMILES string of the molecule is O=C(COc1ccc(Cl)cc1C1CCCCC1)Nc1ccccc1OCCn1ccnc1. The highest BCUT2D eigenvalue weighted by Gasteiger charge is 2.20. The van der Waals surface area contributed by atoms with Gasteiger partial charge in [0.05, 0.1) is 18.6 Å². The van der Waals surface area contributed by atoms with Gasteiger partial charge in [-0.15, -0.1) is 0 Å². The monoisotopic (exact) mass is 453 g/mol. The van der Waals surface area contributed by atoms with Gasteiger partial charge in [-0.3, -0.25) is 4.79 Å². The number of ether oxygens (including phenoxy) is 2. The Morgan fingerprint density at radius 1 is 1.09 bits per heavy atom. The molecule has 1 heterocycles. The Kier molecular flexibility index (Phi) is 7.67. The molecule has 0 unspecified atom stereocenters. The van der Waals surface area contributed by atoms with Crippen molar-refractivity contribution >= 4 is 23.2 Å². The zero-order valence-corrected chi connectivity index (χ0v) is 18.8. The molecule has 7 heteroatoms. The second-order valence-electron chi connectivity index (χ2n) is 8.00. The molecule has 0 atom stereocenters. The van der Waals surface area contributed by atoms with Gasteiger partial charge in [-0.1, -0.05) is 43.0 Å². The van der Waals surface area contributed by atoms with Crippen molar-refractivity contribution in [3.05, 3.63) is 71.8 Å². The molecule has 3 aromatic rings. The summed E-state index contributed by atoms with van der Waals surface area (Å²) in [5.74, 6) is 1.56. The molecule has 1 aliphatic rings. The fourth-order valence-corrected chi connectivity index (χ4v) is 4.27. The minimum atomic E-state index is -0.236. The third-order valence-electron chi connectivity index (χ3n) is 5.70. The molecule has 0 saturated heterocycles. The summed E-state index contributed by atoms with van der Waals surface area (Å²) in [5.41, 5.74) is 1.73. The minimum Gasteiger partial charge on any atom is -0.490 e. The average Bonchev–Trinajstić information content (AvgIpc) is 3.33. The zero-order chi connectivity index (χ0) is 22.2. The number of amides is 1. The van der Waals surface area contributed by atoms with E-state index in [-0.39, 0.29) is 12.5 Å². The summed E-state index contributed by atoms with van der Waals surface area (Å²) >= 11 is 6.24. The number of nitrogens with zero attached hydrogens (tertiary/aromatic N) is 2. The lowest BCUT2D eigenvalue weighted by molar-refractivity contribution is -0.118. The van der Waals surface area contributed by atoms with Crippen molar-refractivity contribution < 1.29 is 14.3 Å². The Bertz CT molecular complexity index is 1020. The first kappa shape index (κ1) is 22.2. The molecule has 0 bridgehead atoms. The molecule has 1 saturated carbocycles. The first-order chi connectivity index (χ1) is 15.7. The first-order valence-electron chi connectivity index (χ1n) is 11.1.